The van der Waals surface area contributed by atoms with E-state index in [4.69, 9.17) is 0 Å². The van der Waals surface area contributed by atoms with Crippen LogP contribution in [0.4, 0.5) is 4.79 Å². The number of hydrogen-bond acceptors (Lipinski definition) is 2. The first kappa shape index (κ1) is 17.5. The second kappa shape index (κ2) is 8.70. The van der Waals surface area contributed by atoms with Crippen LogP contribution in [0, 0.1) is 0 Å². The topological polar surface area (TPSA) is 60.8 Å². The van der Waals surface area contributed by atoms with Gasteiger partial charge in [-0.2, -0.15) is 0 Å². The van der Waals surface area contributed by atoms with Crippen molar-refractivity contribution in [3.63, 3.8) is 0 Å². The Kier molecular flexibility index (Phi) is 6.62. The number of rotatable bonds is 7. The van der Waals surface area contributed by atoms with Crippen LogP contribution in [0.15, 0.2) is 59.1 Å². The first-order valence-corrected chi connectivity index (χ1v) is 8.31. The van der Waals surface area contributed by atoms with Crippen LogP contribution in [0.1, 0.15) is 23.7 Å². The molecule has 4 nitrogen and oxygen atoms in total. The van der Waals surface area contributed by atoms with E-state index in [2.05, 4.69) is 15.9 Å². The highest BCUT2D eigenvalue weighted by molar-refractivity contribution is 9.10. The van der Waals surface area contributed by atoms with Crippen LogP contribution in [0.5, 0.6) is 0 Å². The van der Waals surface area contributed by atoms with Gasteiger partial charge in [-0.3, -0.25) is 0 Å². The van der Waals surface area contributed by atoms with Gasteiger partial charge < -0.3 is 15.1 Å². The van der Waals surface area contributed by atoms with Gasteiger partial charge in [-0.1, -0.05) is 58.4 Å². The average molecular weight is 378 g/mol. The Hall–Kier alpha value is -1.85. The molecule has 0 aromatic heterocycles. The lowest BCUT2D eigenvalue weighted by molar-refractivity contribution is 0.0962. The molecule has 0 unspecified atom stereocenters. The van der Waals surface area contributed by atoms with E-state index < -0.39 is 12.2 Å². The highest BCUT2D eigenvalue weighted by atomic mass is 79.9. The lowest BCUT2D eigenvalue weighted by atomic mass is 10.1. The molecule has 2 aromatic rings. The molecule has 122 valence electrons. The number of carboxylic acid groups (broad SMARTS) is 1. The maximum absolute atomic E-state index is 11.4. The molecule has 1 atom stereocenters. The van der Waals surface area contributed by atoms with Crippen LogP contribution < -0.4 is 0 Å². The number of aryl methyl sites for hydroxylation is 1. The molecule has 23 heavy (non-hydrogen) atoms. The van der Waals surface area contributed by atoms with Crippen LogP contribution >= 0.6 is 15.9 Å². The molecule has 0 spiro atoms. The summed E-state index contributed by atoms with van der Waals surface area (Å²) in [5.74, 6) is 0. The van der Waals surface area contributed by atoms with Gasteiger partial charge in [0.05, 0.1) is 12.6 Å². The molecule has 0 heterocycles. The predicted octanol–water partition coefficient (Wildman–Crippen LogP) is 4.10. The fraction of sp³-hybridized carbons (Fsp3) is 0.278. The second-order valence-corrected chi connectivity index (χ2v) is 6.30. The van der Waals surface area contributed by atoms with Crippen LogP contribution in [-0.2, 0) is 6.42 Å². The summed E-state index contributed by atoms with van der Waals surface area (Å²) >= 11 is 3.39. The van der Waals surface area contributed by atoms with Crippen LogP contribution in [0.2, 0.25) is 0 Å². The minimum absolute atomic E-state index is 0.0830. The fourth-order valence-electron chi connectivity index (χ4n) is 2.38. The summed E-state index contributed by atoms with van der Waals surface area (Å²) in [6.45, 7) is 0.481. The van der Waals surface area contributed by atoms with Gasteiger partial charge in [-0.25, -0.2) is 4.79 Å². The van der Waals surface area contributed by atoms with Gasteiger partial charge in [0, 0.05) is 11.0 Å². The smallest absolute Gasteiger partial charge is 0.407 e. The van der Waals surface area contributed by atoms with E-state index in [1.54, 1.807) is 12.1 Å². The molecule has 2 rings (SSSR count). The SMILES string of the molecule is O=C(O)N(CCCc1ccc(Br)cc1)C[C@@H](O)c1ccccc1. The Morgan fingerprint density at radius 2 is 1.74 bits per heavy atom. The number of amides is 1. The molecular weight excluding hydrogens is 358 g/mol. The molecule has 0 bridgehead atoms. The van der Waals surface area contributed by atoms with Gasteiger partial charge in [-0.15, -0.1) is 0 Å². The number of aliphatic hydroxyl groups is 1. The zero-order valence-corrected chi connectivity index (χ0v) is 14.3. The van der Waals surface area contributed by atoms with Gasteiger partial charge in [0.1, 0.15) is 0 Å². The second-order valence-electron chi connectivity index (χ2n) is 5.39. The Morgan fingerprint density at radius 3 is 2.35 bits per heavy atom. The molecule has 1 amide bonds. The van der Waals surface area contributed by atoms with Crippen molar-refractivity contribution in [2.45, 2.75) is 18.9 Å². The maximum Gasteiger partial charge on any atom is 0.407 e. The molecule has 0 saturated carbocycles. The summed E-state index contributed by atoms with van der Waals surface area (Å²) in [6.07, 6.45) is -0.288. The normalized spacial score (nSPS) is 11.9. The predicted molar refractivity (Wildman–Crippen MR) is 93.5 cm³/mol. The van der Waals surface area contributed by atoms with Gasteiger partial charge in [0.2, 0.25) is 0 Å². The molecule has 2 N–H and O–H groups in total. The van der Waals surface area contributed by atoms with Crippen LogP contribution in [0.25, 0.3) is 0 Å². The Labute approximate surface area is 144 Å². The minimum atomic E-state index is -1.00. The lowest BCUT2D eigenvalue weighted by Crippen LogP contribution is -2.34. The Balaban J connectivity index is 1.86. The maximum atomic E-state index is 11.4. The zero-order chi connectivity index (χ0) is 16.7. The number of carbonyl (C=O) groups is 1. The molecule has 0 aliphatic heterocycles. The summed E-state index contributed by atoms with van der Waals surface area (Å²) in [7, 11) is 0. The monoisotopic (exact) mass is 377 g/mol. The van der Waals surface area contributed by atoms with Crippen LogP contribution in [-0.4, -0.2) is 34.3 Å². The van der Waals surface area contributed by atoms with E-state index >= 15 is 0 Å². The van der Waals surface area contributed by atoms with Crippen LogP contribution in [0.3, 0.4) is 0 Å². The Morgan fingerprint density at radius 1 is 1.09 bits per heavy atom. The first-order chi connectivity index (χ1) is 11.1. The number of nitrogens with zero attached hydrogens (tertiary/aromatic N) is 1. The quantitative estimate of drug-likeness (QED) is 0.763. The van der Waals surface area contributed by atoms with E-state index in [0.717, 1.165) is 22.9 Å². The molecule has 0 fully saturated rings. The Bertz CT molecular complexity index is 616. The fourth-order valence-corrected chi connectivity index (χ4v) is 2.64. The molecule has 0 saturated heterocycles. The summed E-state index contributed by atoms with van der Waals surface area (Å²) < 4.78 is 1.03. The lowest BCUT2D eigenvalue weighted by Gasteiger charge is -2.22. The summed E-state index contributed by atoms with van der Waals surface area (Å²) in [5, 5.41) is 19.5. The zero-order valence-electron chi connectivity index (χ0n) is 12.7. The third-order valence-corrected chi connectivity index (χ3v) is 4.18. The van der Waals surface area contributed by atoms with Crippen molar-refractivity contribution in [3.05, 3.63) is 70.2 Å². The molecule has 0 radical (unpaired) electrons. The summed E-state index contributed by atoms with van der Waals surface area (Å²) in [6, 6.07) is 17.1. The summed E-state index contributed by atoms with van der Waals surface area (Å²) in [4.78, 5) is 12.6. The number of aliphatic hydroxyl groups excluding tert-OH is 1. The molecule has 5 heteroatoms. The van der Waals surface area contributed by atoms with E-state index in [1.165, 1.54) is 10.5 Å². The highest BCUT2D eigenvalue weighted by Gasteiger charge is 2.17. The third-order valence-electron chi connectivity index (χ3n) is 3.65. The van der Waals surface area contributed by atoms with E-state index in [1.807, 2.05) is 42.5 Å². The van der Waals surface area contributed by atoms with Gasteiger partial charge >= 0.3 is 6.09 Å². The molecule has 0 aliphatic rings. The number of benzene rings is 2. The standard InChI is InChI=1S/C18H20BrNO3/c19-16-10-8-14(9-11-16)5-4-12-20(18(22)23)13-17(21)15-6-2-1-3-7-15/h1-3,6-11,17,21H,4-5,12-13H2,(H,22,23)/t17-/m1/s1. The average Bonchev–Trinajstić information content (AvgIpc) is 2.56. The molecular formula is C18H20BrNO3. The van der Waals surface area contributed by atoms with E-state index in [-0.39, 0.29) is 6.54 Å². The van der Waals surface area contributed by atoms with Crippen molar-refractivity contribution in [1.82, 2.24) is 4.90 Å². The van der Waals surface area contributed by atoms with Crippen molar-refractivity contribution in [1.29, 1.82) is 0 Å². The van der Waals surface area contributed by atoms with Gasteiger partial charge in [0.25, 0.3) is 0 Å². The molecule has 2 aromatic carbocycles. The first-order valence-electron chi connectivity index (χ1n) is 7.51. The van der Waals surface area contributed by atoms with Gasteiger partial charge in [-0.05, 0) is 36.1 Å². The van der Waals surface area contributed by atoms with Crippen molar-refractivity contribution in [2.24, 2.45) is 0 Å². The number of halogens is 1. The van der Waals surface area contributed by atoms with Crippen molar-refractivity contribution in [2.75, 3.05) is 13.1 Å². The minimum Gasteiger partial charge on any atom is -0.465 e. The van der Waals surface area contributed by atoms with E-state index in [0.29, 0.717) is 6.54 Å². The van der Waals surface area contributed by atoms with Crippen molar-refractivity contribution < 1.29 is 15.0 Å². The van der Waals surface area contributed by atoms with Crippen molar-refractivity contribution >= 4 is 22.0 Å². The number of hydrogen-bond donors (Lipinski definition) is 2. The van der Waals surface area contributed by atoms with E-state index in [9.17, 15) is 15.0 Å². The highest BCUT2D eigenvalue weighted by Crippen LogP contribution is 2.15. The third kappa shape index (κ3) is 5.69. The van der Waals surface area contributed by atoms with Gasteiger partial charge in [0.15, 0.2) is 0 Å². The largest absolute Gasteiger partial charge is 0.465 e. The van der Waals surface area contributed by atoms with Crippen molar-refractivity contribution in [3.8, 4) is 0 Å². The molecule has 0 aliphatic carbocycles. The summed E-state index contributed by atoms with van der Waals surface area (Å²) in [5.41, 5.74) is 1.90.